The van der Waals surface area contributed by atoms with Crippen LogP contribution in [0.5, 0.6) is 5.75 Å². The summed E-state index contributed by atoms with van der Waals surface area (Å²) in [7, 11) is 0. The number of esters is 2. The lowest BCUT2D eigenvalue weighted by Gasteiger charge is -2.30. The van der Waals surface area contributed by atoms with Gasteiger partial charge in [0, 0.05) is 12.1 Å². The molecule has 0 bridgehead atoms. The van der Waals surface area contributed by atoms with Crippen molar-refractivity contribution < 1.29 is 19.1 Å². The summed E-state index contributed by atoms with van der Waals surface area (Å²) < 4.78 is 10.5. The van der Waals surface area contributed by atoms with E-state index in [0.29, 0.717) is 34.3 Å². The number of hydrogen-bond acceptors (Lipinski definition) is 5. The highest BCUT2D eigenvalue weighted by molar-refractivity contribution is 7.80. The van der Waals surface area contributed by atoms with E-state index in [1.807, 2.05) is 13.8 Å². The van der Waals surface area contributed by atoms with Gasteiger partial charge in [-0.15, -0.1) is 0 Å². The first kappa shape index (κ1) is 22.2. The van der Waals surface area contributed by atoms with E-state index in [0.717, 1.165) is 6.42 Å². The molecule has 1 atom stereocenters. The van der Waals surface area contributed by atoms with Crippen molar-refractivity contribution in [2.24, 2.45) is 5.92 Å². The third kappa shape index (κ3) is 5.69. The molecule has 0 saturated carbocycles. The first-order chi connectivity index (χ1) is 13.2. The van der Waals surface area contributed by atoms with E-state index in [2.05, 4.69) is 10.6 Å². The summed E-state index contributed by atoms with van der Waals surface area (Å²) >= 11 is 11.5. The second-order valence-corrected chi connectivity index (χ2v) is 7.70. The summed E-state index contributed by atoms with van der Waals surface area (Å²) in [4.78, 5) is 24.4. The molecule has 1 aromatic carbocycles. The van der Waals surface area contributed by atoms with Crippen LogP contribution in [0.15, 0.2) is 29.5 Å². The Morgan fingerprint density at radius 2 is 2.04 bits per heavy atom. The van der Waals surface area contributed by atoms with Gasteiger partial charge in [0.2, 0.25) is 0 Å². The van der Waals surface area contributed by atoms with Gasteiger partial charge in [-0.05, 0) is 56.1 Å². The molecule has 1 aliphatic rings. The van der Waals surface area contributed by atoms with Gasteiger partial charge in [0.15, 0.2) is 5.11 Å². The molecule has 0 radical (unpaired) electrons. The first-order valence-electron chi connectivity index (χ1n) is 9.18. The van der Waals surface area contributed by atoms with Crippen LogP contribution in [-0.4, -0.2) is 23.7 Å². The van der Waals surface area contributed by atoms with Crippen molar-refractivity contribution in [3.63, 3.8) is 0 Å². The van der Waals surface area contributed by atoms with Crippen molar-refractivity contribution in [2.45, 2.75) is 46.6 Å². The third-order valence-electron chi connectivity index (χ3n) is 4.20. The molecule has 0 fully saturated rings. The molecule has 28 heavy (non-hydrogen) atoms. The Kier molecular flexibility index (Phi) is 7.83. The molecule has 0 spiro atoms. The largest absolute Gasteiger partial charge is 0.463 e. The molecule has 2 rings (SSSR count). The fourth-order valence-corrected chi connectivity index (χ4v) is 3.28. The number of rotatable bonds is 7. The highest BCUT2D eigenvalue weighted by Crippen LogP contribution is 2.33. The van der Waals surface area contributed by atoms with Crippen molar-refractivity contribution >= 4 is 40.9 Å². The summed E-state index contributed by atoms with van der Waals surface area (Å²) in [5.41, 5.74) is 1.75. The summed E-state index contributed by atoms with van der Waals surface area (Å²) in [5.74, 6) is -0.0640. The lowest BCUT2D eigenvalue weighted by atomic mass is 9.95. The Bertz CT molecular complexity index is 807. The Labute approximate surface area is 175 Å². The molecule has 1 heterocycles. The quantitative estimate of drug-likeness (QED) is 0.388. The number of benzene rings is 1. The normalized spacial score (nSPS) is 16.5. The molecule has 1 aromatic rings. The monoisotopic (exact) mass is 424 g/mol. The van der Waals surface area contributed by atoms with Crippen molar-refractivity contribution in [2.75, 3.05) is 6.61 Å². The minimum atomic E-state index is -0.518. The standard InChI is InChI=1S/C20H25ClN2O4S/c1-5-26-19(25)17-12(4)22-20(28)23-18(17)13-7-8-15(14(21)10-13)27-16(24)9-6-11(2)3/h7-8,10-11,18H,5-6,9H2,1-4H3,(H2,22,23,28). The molecule has 0 amide bonds. The molecule has 0 aliphatic carbocycles. The number of halogens is 1. The SMILES string of the molecule is CCOC(=O)C1=C(C)NC(=S)NC1c1ccc(OC(=O)CCC(C)C)c(Cl)c1. The maximum Gasteiger partial charge on any atom is 0.338 e. The molecule has 0 aromatic heterocycles. The Balaban J connectivity index is 2.25. The second-order valence-electron chi connectivity index (χ2n) is 6.89. The minimum absolute atomic E-state index is 0.263. The highest BCUT2D eigenvalue weighted by atomic mass is 35.5. The van der Waals surface area contributed by atoms with E-state index in [1.54, 1.807) is 32.0 Å². The maximum absolute atomic E-state index is 12.4. The molecule has 2 N–H and O–H groups in total. The summed E-state index contributed by atoms with van der Waals surface area (Å²) in [6.07, 6.45) is 1.08. The van der Waals surface area contributed by atoms with Crippen LogP contribution < -0.4 is 15.4 Å². The molecule has 0 saturated heterocycles. The molecular weight excluding hydrogens is 400 g/mol. The van der Waals surface area contributed by atoms with Crippen molar-refractivity contribution in [1.82, 2.24) is 10.6 Å². The number of allylic oxidation sites excluding steroid dienone is 1. The average Bonchev–Trinajstić information content (AvgIpc) is 2.61. The maximum atomic E-state index is 12.4. The molecule has 1 unspecified atom stereocenters. The molecule has 8 heteroatoms. The van der Waals surface area contributed by atoms with Gasteiger partial charge in [-0.1, -0.05) is 31.5 Å². The average molecular weight is 425 g/mol. The second kappa shape index (κ2) is 9.89. The van der Waals surface area contributed by atoms with Gasteiger partial charge in [0.05, 0.1) is 23.2 Å². The predicted octanol–water partition coefficient (Wildman–Crippen LogP) is 4.04. The van der Waals surface area contributed by atoms with Crippen LogP contribution in [0.4, 0.5) is 0 Å². The van der Waals surface area contributed by atoms with E-state index in [4.69, 9.17) is 33.3 Å². The zero-order chi connectivity index (χ0) is 20.8. The fourth-order valence-electron chi connectivity index (χ4n) is 2.78. The summed E-state index contributed by atoms with van der Waals surface area (Å²) in [5, 5.41) is 6.69. The first-order valence-corrected chi connectivity index (χ1v) is 9.97. The molecule has 1 aliphatic heterocycles. The van der Waals surface area contributed by atoms with Gasteiger partial charge in [0.1, 0.15) is 5.75 Å². The lowest BCUT2D eigenvalue weighted by Crippen LogP contribution is -2.45. The van der Waals surface area contributed by atoms with Crippen molar-refractivity contribution in [3.8, 4) is 5.75 Å². The van der Waals surface area contributed by atoms with E-state index in [1.165, 1.54) is 0 Å². The number of thiocarbonyl (C=S) groups is 1. The topological polar surface area (TPSA) is 76.7 Å². The fraction of sp³-hybridized carbons (Fsp3) is 0.450. The van der Waals surface area contributed by atoms with E-state index in [9.17, 15) is 9.59 Å². The molecule has 152 valence electrons. The zero-order valence-corrected chi connectivity index (χ0v) is 18.0. The van der Waals surface area contributed by atoms with Crippen LogP contribution in [0, 0.1) is 5.92 Å². The Morgan fingerprint density at radius 1 is 1.32 bits per heavy atom. The van der Waals surface area contributed by atoms with Crippen LogP contribution in [0.2, 0.25) is 5.02 Å². The van der Waals surface area contributed by atoms with E-state index >= 15 is 0 Å². The number of ether oxygens (including phenoxy) is 2. The van der Waals surface area contributed by atoms with Crippen LogP contribution in [0.3, 0.4) is 0 Å². The minimum Gasteiger partial charge on any atom is -0.463 e. The number of carbonyl (C=O) groups is 2. The highest BCUT2D eigenvalue weighted by Gasteiger charge is 2.31. The lowest BCUT2D eigenvalue weighted by molar-refractivity contribution is -0.139. The van der Waals surface area contributed by atoms with Gasteiger partial charge < -0.3 is 20.1 Å². The van der Waals surface area contributed by atoms with Crippen LogP contribution >= 0.6 is 23.8 Å². The molecular formula is C20H25ClN2O4S. The summed E-state index contributed by atoms with van der Waals surface area (Å²) in [6.45, 7) is 7.86. The van der Waals surface area contributed by atoms with Crippen LogP contribution in [0.25, 0.3) is 0 Å². The molecule has 6 nitrogen and oxygen atoms in total. The third-order valence-corrected chi connectivity index (χ3v) is 4.72. The zero-order valence-electron chi connectivity index (χ0n) is 16.4. The van der Waals surface area contributed by atoms with Crippen LogP contribution in [0.1, 0.15) is 52.1 Å². The van der Waals surface area contributed by atoms with Crippen LogP contribution in [-0.2, 0) is 14.3 Å². The Morgan fingerprint density at radius 3 is 2.64 bits per heavy atom. The van der Waals surface area contributed by atoms with Gasteiger partial charge in [0.25, 0.3) is 0 Å². The van der Waals surface area contributed by atoms with Gasteiger partial charge in [-0.25, -0.2) is 4.79 Å². The van der Waals surface area contributed by atoms with Crippen molar-refractivity contribution in [3.05, 3.63) is 40.1 Å². The Hall–Kier alpha value is -2.12. The number of nitrogens with one attached hydrogen (secondary N) is 2. The van der Waals surface area contributed by atoms with Crippen molar-refractivity contribution in [1.29, 1.82) is 0 Å². The van der Waals surface area contributed by atoms with Gasteiger partial charge in [-0.3, -0.25) is 4.79 Å². The number of carbonyl (C=O) groups excluding carboxylic acids is 2. The van der Waals surface area contributed by atoms with E-state index in [-0.39, 0.29) is 23.3 Å². The smallest absolute Gasteiger partial charge is 0.338 e. The predicted molar refractivity (Wildman–Crippen MR) is 112 cm³/mol. The van der Waals surface area contributed by atoms with Gasteiger partial charge >= 0.3 is 11.9 Å². The summed E-state index contributed by atoms with van der Waals surface area (Å²) in [6, 6.07) is 4.51. The van der Waals surface area contributed by atoms with E-state index < -0.39 is 12.0 Å². The van der Waals surface area contributed by atoms with Gasteiger partial charge in [-0.2, -0.15) is 0 Å². The number of hydrogen-bond donors (Lipinski definition) is 2.